The molecule has 1 N–H and O–H groups in total. The van der Waals surface area contributed by atoms with Gasteiger partial charge in [0, 0.05) is 31.3 Å². The van der Waals surface area contributed by atoms with Gasteiger partial charge in [-0.2, -0.15) is 0 Å². The molecule has 1 fully saturated rings. The average Bonchev–Trinajstić information content (AvgIpc) is 3.22. The van der Waals surface area contributed by atoms with Gasteiger partial charge in [0.15, 0.2) is 11.5 Å². The third-order valence-electron chi connectivity index (χ3n) is 3.69. The van der Waals surface area contributed by atoms with Crippen molar-refractivity contribution in [3.8, 4) is 11.5 Å². The number of fused-ring (bicyclic) bond motifs is 1. The maximum Gasteiger partial charge on any atom is 0.162 e. The molecular weight excluding hydrogens is 228 g/mol. The zero-order valence-corrected chi connectivity index (χ0v) is 11.0. The minimum absolute atomic E-state index is 0.724. The van der Waals surface area contributed by atoms with Gasteiger partial charge in [0.1, 0.15) is 0 Å². The normalized spacial score (nSPS) is 18.7. The van der Waals surface area contributed by atoms with Crippen molar-refractivity contribution in [2.75, 3.05) is 37.5 Å². The van der Waals surface area contributed by atoms with Crippen molar-refractivity contribution in [2.24, 2.45) is 0 Å². The standard InChI is InChI=1S/C14H20N2O2/c1-17-13-8-11-12(9-14(13)18-2)16(10-4-5-10)7-3-6-15-11/h8-10,15H,3-7H2,1-2H3. The average molecular weight is 248 g/mol. The predicted octanol–water partition coefficient (Wildman–Crippen LogP) is 2.49. The topological polar surface area (TPSA) is 33.7 Å². The first-order valence-electron chi connectivity index (χ1n) is 6.60. The number of benzene rings is 1. The SMILES string of the molecule is COc1cc2c(cc1OC)N(C1CC1)CCCN2. The Hall–Kier alpha value is -1.58. The van der Waals surface area contributed by atoms with E-state index in [1.165, 1.54) is 24.9 Å². The summed E-state index contributed by atoms with van der Waals surface area (Å²) in [6, 6.07) is 4.88. The number of nitrogens with one attached hydrogen (secondary N) is 1. The van der Waals surface area contributed by atoms with Crippen LogP contribution in [0.1, 0.15) is 19.3 Å². The molecule has 1 aromatic rings. The van der Waals surface area contributed by atoms with Gasteiger partial charge in [-0.15, -0.1) is 0 Å². The van der Waals surface area contributed by atoms with E-state index in [9.17, 15) is 0 Å². The van der Waals surface area contributed by atoms with Crippen LogP contribution in [0.5, 0.6) is 11.5 Å². The van der Waals surface area contributed by atoms with Crippen LogP contribution in [0.3, 0.4) is 0 Å². The number of hydrogen-bond acceptors (Lipinski definition) is 4. The quantitative estimate of drug-likeness (QED) is 0.891. The summed E-state index contributed by atoms with van der Waals surface area (Å²) in [6.45, 7) is 2.14. The maximum absolute atomic E-state index is 5.41. The number of rotatable bonds is 3. The second-order valence-corrected chi connectivity index (χ2v) is 4.93. The van der Waals surface area contributed by atoms with Crippen molar-refractivity contribution >= 4 is 11.4 Å². The number of ether oxygens (including phenoxy) is 2. The molecule has 0 atom stereocenters. The fraction of sp³-hybridized carbons (Fsp3) is 0.571. The molecule has 1 aliphatic heterocycles. The molecule has 1 aliphatic carbocycles. The van der Waals surface area contributed by atoms with E-state index in [1.54, 1.807) is 14.2 Å². The highest BCUT2D eigenvalue weighted by Gasteiger charge is 2.32. The van der Waals surface area contributed by atoms with Crippen LogP contribution in [0.4, 0.5) is 11.4 Å². The van der Waals surface area contributed by atoms with Crippen LogP contribution in [0, 0.1) is 0 Å². The summed E-state index contributed by atoms with van der Waals surface area (Å²) in [5, 5.41) is 3.49. The summed E-state index contributed by atoms with van der Waals surface area (Å²) >= 11 is 0. The van der Waals surface area contributed by atoms with E-state index >= 15 is 0 Å². The molecule has 98 valence electrons. The molecule has 0 aromatic heterocycles. The van der Waals surface area contributed by atoms with Gasteiger partial charge < -0.3 is 19.7 Å². The van der Waals surface area contributed by atoms with Gasteiger partial charge in [-0.1, -0.05) is 0 Å². The first kappa shape index (κ1) is 11.5. The minimum Gasteiger partial charge on any atom is -0.493 e. The number of methoxy groups -OCH3 is 2. The fourth-order valence-corrected chi connectivity index (χ4v) is 2.61. The van der Waals surface area contributed by atoms with E-state index in [0.717, 1.165) is 36.3 Å². The molecule has 0 amide bonds. The van der Waals surface area contributed by atoms with Crippen LogP contribution < -0.4 is 19.7 Å². The van der Waals surface area contributed by atoms with Crippen molar-refractivity contribution < 1.29 is 9.47 Å². The molecular formula is C14H20N2O2. The molecule has 18 heavy (non-hydrogen) atoms. The van der Waals surface area contributed by atoms with Gasteiger partial charge in [-0.05, 0) is 19.3 Å². The molecule has 4 heteroatoms. The summed E-state index contributed by atoms with van der Waals surface area (Å²) in [6.07, 6.45) is 3.80. The van der Waals surface area contributed by atoms with Gasteiger partial charge in [0.2, 0.25) is 0 Å². The van der Waals surface area contributed by atoms with Crippen LogP contribution in [-0.4, -0.2) is 33.4 Å². The van der Waals surface area contributed by atoms with E-state index in [2.05, 4.69) is 22.3 Å². The molecule has 2 aliphatic rings. The van der Waals surface area contributed by atoms with Crippen molar-refractivity contribution in [1.29, 1.82) is 0 Å². The zero-order chi connectivity index (χ0) is 12.5. The zero-order valence-electron chi connectivity index (χ0n) is 11.0. The lowest BCUT2D eigenvalue weighted by Crippen LogP contribution is -2.26. The van der Waals surface area contributed by atoms with Crippen molar-refractivity contribution in [3.63, 3.8) is 0 Å². The Morgan fingerprint density at radius 1 is 1.17 bits per heavy atom. The van der Waals surface area contributed by atoms with Gasteiger partial charge >= 0.3 is 0 Å². The number of anilines is 2. The third kappa shape index (κ3) is 1.96. The lowest BCUT2D eigenvalue weighted by Gasteiger charge is -2.25. The van der Waals surface area contributed by atoms with Crippen LogP contribution in [0.2, 0.25) is 0 Å². The van der Waals surface area contributed by atoms with Crippen LogP contribution >= 0.6 is 0 Å². The molecule has 0 bridgehead atoms. The molecule has 0 radical (unpaired) electrons. The van der Waals surface area contributed by atoms with E-state index in [-0.39, 0.29) is 0 Å². The van der Waals surface area contributed by atoms with Crippen molar-refractivity contribution in [1.82, 2.24) is 0 Å². The molecule has 3 rings (SSSR count). The van der Waals surface area contributed by atoms with Crippen LogP contribution in [0.25, 0.3) is 0 Å². The molecule has 0 spiro atoms. The lowest BCUT2D eigenvalue weighted by molar-refractivity contribution is 0.355. The van der Waals surface area contributed by atoms with Gasteiger partial charge in [-0.3, -0.25) is 0 Å². The maximum atomic E-state index is 5.41. The van der Waals surface area contributed by atoms with Crippen LogP contribution in [0.15, 0.2) is 12.1 Å². The summed E-state index contributed by atoms with van der Waals surface area (Å²) in [7, 11) is 3.37. The molecule has 1 heterocycles. The smallest absolute Gasteiger partial charge is 0.162 e. The monoisotopic (exact) mass is 248 g/mol. The van der Waals surface area contributed by atoms with Gasteiger partial charge in [-0.25, -0.2) is 0 Å². The van der Waals surface area contributed by atoms with Crippen LogP contribution in [-0.2, 0) is 0 Å². The largest absolute Gasteiger partial charge is 0.493 e. The summed E-state index contributed by atoms with van der Waals surface area (Å²) in [5.74, 6) is 1.60. The Balaban J connectivity index is 2.04. The second-order valence-electron chi connectivity index (χ2n) is 4.93. The molecule has 1 saturated carbocycles. The minimum atomic E-state index is 0.724. The molecule has 1 aromatic carbocycles. The van der Waals surface area contributed by atoms with E-state index < -0.39 is 0 Å². The Labute approximate surface area is 108 Å². The first-order chi connectivity index (χ1) is 8.83. The Bertz CT molecular complexity index is 444. The molecule has 0 unspecified atom stereocenters. The molecule has 4 nitrogen and oxygen atoms in total. The van der Waals surface area contributed by atoms with E-state index in [4.69, 9.17) is 9.47 Å². The lowest BCUT2D eigenvalue weighted by atomic mass is 10.2. The Kier molecular flexibility index (Phi) is 2.94. The highest BCUT2D eigenvalue weighted by Crippen LogP contribution is 2.43. The highest BCUT2D eigenvalue weighted by atomic mass is 16.5. The number of nitrogens with zero attached hydrogens (tertiary/aromatic N) is 1. The fourth-order valence-electron chi connectivity index (χ4n) is 2.61. The van der Waals surface area contributed by atoms with E-state index in [1.807, 2.05) is 0 Å². The summed E-state index contributed by atoms with van der Waals surface area (Å²) < 4.78 is 10.8. The summed E-state index contributed by atoms with van der Waals surface area (Å²) in [4.78, 5) is 2.51. The summed E-state index contributed by atoms with van der Waals surface area (Å²) in [5.41, 5.74) is 2.42. The van der Waals surface area contributed by atoms with Gasteiger partial charge in [0.25, 0.3) is 0 Å². The molecule has 0 saturated heterocycles. The Morgan fingerprint density at radius 3 is 2.56 bits per heavy atom. The highest BCUT2D eigenvalue weighted by molar-refractivity contribution is 5.76. The first-order valence-corrected chi connectivity index (χ1v) is 6.60. The van der Waals surface area contributed by atoms with Gasteiger partial charge in [0.05, 0.1) is 25.6 Å². The Morgan fingerprint density at radius 2 is 1.89 bits per heavy atom. The third-order valence-corrected chi connectivity index (χ3v) is 3.69. The van der Waals surface area contributed by atoms with Crippen molar-refractivity contribution in [2.45, 2.75) is 25.3 Å². The number of hydrogen-bond donors (Lipinski definition) is 1. The predicted molar refractivity (Wildman–Crippen MR) is 73.0 cm³/mol. The van der Waals surface area contributed by atoms with E-state index in [0.29, 0.717) is 0 Å². The van der Waals surface area contributed by atoms with Crippen molar-refractivity contribution in [3.05, 3.63) is 12.1 Å². The second kappa shape index (κ2) is 4.59.